The minimum absolute atomic E-state index is 0.445. The predicted octanol–water partition coefficient (Wildman–Crippen LogP) is -0.842. The Morgan fingerprint density at radius 3 is 2.47 bits per heavy atom. The van der Waals surface area contributed by atoms with Crippen LogP contribution < -0.4 is 11.1 Å². The molecular weight excluding hydrogens is 228 g/mol. The van der Waals surface area contributed by atoms with Gasteiger partial charge in [-0.2, -0.15) is 0 Å². The monoisotopic (exact) mass is 244 g/mol. The Morgan fingerprint density at radius 2 is 1.94 bits per heavy atom. The van der Waals surface area contributed by atoms with Crippen molar-refractivity contribution in [1.29, 1.82) is 0 Å². The smallest absolute Gasteiger partial charge is 0.308 e. The summed E-state index contributed by atoms with van der Waals surface area (Å²) in [6, 6.07) is -1.58. The summed E-state index contributed by atoms with van der Waals surface area (Å²) in [4.78, 5) is 32.7. The molecule has 5 N–H and O–H groups in total. The fourth-order valence-electron chi connectivity index (χ4n) is 2.00. The van der Waals surface area contributed by atoms with Gasteiger partial charge in [-0.25, -0.2) is 0 Å². The molecule has 0 aromatic heterocycles. The van der Waals surface area contributed by atoms with Crippen LogP contribution in [0.1, 0.15) is 25.7 Å². The molecule has 0 bridgehead atoms. The highest BCUT2D eigenvalue weighted by Crippen LogP contribution is 2.25. The third kappa shape index (κ3) is 3.70. The van der Waals surface area contributed by atoms with E-state index in [2.05, 4.69) is 5.32 Å². The molecule has 0 aliphatic heterocycles. The van der Waals surface area contributed by atoms with E-state index in [1.54, 1.807) is 0 Å². The molecule has 0 spiro atoms. The highest BCUT2D eigenvalue weighted by molar-refractivity contribution is 5.86. The number of nitrogens with one attached hydrogen (secondary N) is 1. The number of carboxylic acid groups (broad SMARTS) is 2. The summed E-state index contributed by atoms with van der Waals surface area (Å²) in [5, 5.41) is 19.9. The summed E-state index contributed by atoms with van der Waals surface area (Å²) in [5.41, 5.74) is 5.38. The van der Waals surface area contributed by atoms with Gasteiger partial charge in [0.05, 0.1) is 18.4 Å². The number of hydrogen-bond donors (Lipinski definition) is 4. The minimum Gasteiger partial charge on any atom is -0.481 e. The second kappa shape index (κ2) is 5.62. The molecular formula is C10H16N2O5. The van der Waals surface area contributed by atoms with Crippen molar-refractivity contribution in [3.05, 3.63) is 0 Å². The van der Waals surface area contributed by atoms with Crippen LogP contribution >= 0.6 is 0 Å². The molecule has 96 valence electrons. The molecule has 7 nitrogen and oxygen atoms in total. The molecule has 0 aromatic rings. The van der Waals surface area contributed by atoms with E-state index in [1.807, 2.05) is 0 Å². The molecule has 0 saturated heterocycles. The van der Waals surface area contributed by atoms with Crippen molar-refractivity contribution in [1.82, 2.24) is 5.32 Å². The second-order valence-corrected chi connectivity index (χ2v) is 4.20. The van der Waals surface area contributed by atoms with Crippen LogP contribution in [0.3, 0.4) is 0 Å². The Bertz CT molecular complexity index is 331. The number of rotatable bonds is 5. The zero-order valence-corrected chi connectivity index (χ0v) is 9.26. The van der Waals surface area contributed by atoms with Gasteiger partial charge in [0.1, 0.15) is 0 Å². The van der Waals surface area contributed by atoms with Crippen molar-refractivity contribution in [3.8, 4) is 0 Å². The molecule has 7 heteroatoms. The van der Waals surface area contributed by atoms with Crippen molar-refractivity contribution in [3.63, 3.8) is 0 Å². The third-order valence-electron chi connectivity index (χ3n) is 2.89. The van der Waals surface area contributed by atoms with Gasteiger partial charge in [0.15, 0.2) is 0 Å². The number of nitrogens with two attached hydrogens (primary N) is 1. The first-order valence-electron chi connectivity index (χ1n) is 5.42. The second-order valence-electron chi connectivity index (χ2n) is 4.20. The van der Waals surface area contributed by atoms with E-state index in [0.29, 0.717) is 12.8 Å². The van der Waals surface area contributed by atoms with E-state index >= 15 is 0 Å². The van der Waals surface area contributed by atoms with Crippen LogP contribution in [0.15, 0.2) is 0 Å². The summed E-state index contributed by atoms with van der Waals surface area (Å²) >= 11 is 0. The van der Waals surface area contributed by atoms with E-state index in [9.17, 15) is 14.4 Å². The highest BCUT2D eigenvalue weighted by atomic mass is 16.4. The van der Waals surface area contributed by atoms with E-state index < -0.39 is 42.3 Å². The summed E-state index contributed by atoms with van der Waals surface area (Å²) < 4.78 is 0. The Hall–Kier alpha value is -1.63. The van der Waals surface area contributed by atoms with Gasteiger partial charge in [-0.1, -0.05) is 6.42 Å². The normalized spacial score (nSPS) is 25.2. The molecule has 1 saturated carbocycles. The van der Waals surface area contributed by atoms with Crippen molar-refractivity contribution in [2.45, 2.75) is 37.8 Å². The van der Waals surface area contributed by atoms with E-state index in [1.165, 1.54) is 0 Å². The Kier molecular flexibility index (Phi) is 4.45. The van der Waals surface area contributed by atoms with Crippen molar-refractivity contribution >= 4 is 17.8 Å². The van der Waals surface area contributed by atoms with Gasteiger partial charge >= 0.3 is 11.9 Å². The Morgan fingerprint density at radius 1 is 1.29 bits per heavy atom. The van der Waals surface area contributed by atoms with Gasteiger partial charge in [-0.15, -0.1) is 0 Å². The Balaban J connectivity index is 2.50. The van der Waals surface area contributed by atoms with E-state index in [-0.39, 0.29) is 0 Å². The van der Waals surface area contributed by atoms with Crippen LogP contribution in [0.4, 0.5) is 0 Å². The first kappa shape index (κ1) is 13.4. The first-order chi connectivity index (χ1) is 7.91. The van der Waals surface area contributed by atoms with Crippen LogP contribution in [0.2, 0.25) is 0 Å². The molecule has 1 rings (SSSR count). The highest BCUT2D eigenvalue weighted by Gasteiger charge is 2.34. The quantitative estimate of drug-likeness (QED) is 0.499. The van der Waals surface area contributed by atoms with E-state index in [4.69, 9.17) is 15.9 Å². The van der Waals surface area contributed by atoms with Gasteiger partial charge in [0.25, 0.3) is 0 Å². The van der Waals surface area contributed by atoms with Gasteiger partial charge in [0, 0.05) is 6.04 Å². The molecule has 3 atom stereocenters. The number of carbonyl (C=O) groups is 3. The van der Waals surface area contributed by atoms with Gasteiger partial charge in [-0.05, 0) is 12.8 Å². The summed E-state index contributed by atoms with van der Waals surface area (Å²) in [5.74, 6) is -3.31. The predicted molar refractivity (Wildman–Crippen MR) is 57.1 cm³/mol. The molecule has 1 aliphatic carbocycles. The van der Waals surface area contributed by atoms with Crippen LogP contribution in [-0.2, 0) is 14.4 Å². The van der Waals surface area contributed by atoms with Crippen molar-refractivity contribution < 1.29 is 24.6 Å². The van der Waals surface area contributed by atoms with Gasteiger partial charge < -0.3 is 21.3 Å². The maximum absolute atomic E-state index is 11.5. The first-order valence-corrected chi connectivity index (χ1v) is 5.42. The van der Waals surface area contributed by atoms with Crippen molar-refractivity contribution in [2.24, 2.45) is 11.7 Å². The zero-order valence-electron chi connectivity index (χ0n) is 9.26. The Labute approximate surface area is 98.0 Å². The topological polar surface area (TPSA) is 130 Å². The number of aliphatic carboxylic acids is 2. The summed E-state index contributed by atoms with van der Waals surface area (Å²) in [7, 11) is 0. The molecule has 17 heavy (non-hydrogen) atoms. The van der Waals surface area contributed by atoms with Crippen molar-refractivity contribution in [2.75, 3.05) is 0 Å². The number of amides is 1. The minimum atomic E-state index is -1.16. The maximum atomic E-state index is 11.5. The molecule has 0 radical (unpaired) electrons. The zero-order chi connectivity index (χ0) is 13.0. The number of hydrogen-bond acceptors (Lipinski definition) is 4. The lowest BCUT2D eigenvalue weighted by atomic mass is 10.0. The summed E-state index contributed by atoms with van der Waals surface area (Å²) in [6.45, 7) is 0. The van der Waals surface area contributed by atoms with Crippen LogP contribution in [0.25, 0.3) is 0 Å². The fraction of sp³-hybridized carbons (Fsp3) is 0.700. The molecule has 1 fully saturated rings. The van der Waals surface area contributed by atoms with Crippen LogP contribution in [0, 0.1) is 5.92 Å². The fourth-order valence-corrected chi connectivity index (χ4v) is 2.00. The average Bonchev–Trinajstić information content (AvgIpc) is 2.64. The van der Waals surface area contributed by atoms with Gasteiger partial charge in [0.2, 0.25) is 5.91 Å². The number of carbonyl (C=O) groups excluding carboxylic acids is 1. The van der Waals surface area contributed by atoms with E-state index in [0.717, 1.165) is 6.42 Å². The largest absolute Gasteiger partial charge is 0.481 e. The van der Waals surface area contributed by atoms with Crippen LogP contribution in [0.5, 0.6) is 0 Å². The van der Waals surface area contributed by atoms with Crippen LogP contribution in [-0.4, -0.2) is 40.1 Å². The lowest BCUT2D eigenvalue weighted by Crippen LogP contribution is -2.48. The maximum Gasteiger partial charge on any atom is 0.308 e. The van der Waals surface area contributed by atoms with Gasteiger partial charge in [-0.3, -0.25) is 14.4 Å². The lowest BCUT2D eigenvalue weighted by Gasteiger charge is -2.19. The standard InChI is InChI=1S/C10H16N2O5/c11-6(4-8(13)14)9(15)12-7-3-1-2-5(7)10(16)17/h5-7H,1-4,11H2,(H,12,15)(H,13,14)(H,16,17). The molecule has 1 aliphatic rings. The SMILES string of the molecule is NC(CC(=O)O)C(=O)NC1CCCC1C(=O)O. The molecule has 0 aromatic carbocycles. The lowest BCUT2D eigenvalue weighted by molar-refractivity contribution is -0.143. The molecule has 3 unspecified atom stereocenters. The number of carboxylic acids is 2. The molecule has 1 amide bonds. The molecule has 0 heterocycles. The average molecular weight is 244 g/mol. The third-order valence-corrected chi connectivity index (χ3v) is 2.89. The summed E-state index contributed by atoms with van der Waals surface area (Å²) in [6.07, 6.45) is 1.38.